The van der Waals surface area contributed by atoms with E-state index < -0.39 is 10.0 Å². The lowest BCUT2D eigenvalue weighted by molar-refractivity contribution is 0.0752. The first-order valence-electron chi connectivity index (χ1n) is 11.2. The number of ether oxygens (including phenoxy) is 3. The summed E-state index contributed by atoms with van der Waals surface area (Å²) in [5.41, 5.74) is 1.21. The second kappa shape index (κ2) is 9.61. The van der Waals surface area contributed by atoms with Gasteiger partial charge in [-0.05, 0) is 62.6 Å². The highest BCUT2D eigenvalue weighted by atomic mass is 32.2. The van der Waals surface area contributed by atoms with Crippen LogP contribution in [0.5, 0.6) is 17.2 Å². The van der Waals surface area contributed by atoms with E-state index in [4.69, 9.17) is 14.2 Å². The molecule has 33 heavy (non-hydrogen) atoms. The number of nitrogens with zero attached hydrogens (tertiary/aromatic N) is 2. The molecule has 0 radical (unpaired) electrons. The Labute approximate surface area is 195 Å². The molecule has 0 aliphatic carbocycles. The van der Waals surface area contributed by atoms with Crippen LogP contribution in [0, 0.1) is 0 Å². The lowest BCUT2D eigenvalue weighted by Crippen LogP contribution is -2.42. The highest BCUT2D eigenvalue weighted by Gasteiger charge is 2.34. The van der Waals surface area contributed by atoms with Crippen molar-refractivity contribution in [1.29, 1.82) is 0 Å². The van der Waals surface area contributed by atoms with E-state index in [-0.39, 0.29) is 29.4 Å². The molecule has 2 aromatic rings. The SMILES string of the molecule is CCN(Cc1ccc2c(c1)OCO2)C(=O)c1ccc(OC)c(S(=O)(=O)N2CCCCC2C)c1. The van der Waals surface area contributed by atoms with Crippen LogP contribution in [0.15, 0.2) is 41.3 Å². The van der Waals surface area contributed by atoms with Crippen LogP contribution in [0.25, 0.3) is 0 Å². The number of fused-ring (bicyclic) bond motifs is 1. The van der Waals surface area contributed by atoms with E-state index in [1.165, 1.54) is 17.5 Å². The molecule has 0 aromatic heterocycles. The van der Waals surface area contributed by atoms with Gasteiger partial charge < -0.3 is 19.1 Å². The molecule has 2 aliphatic rings. The van der Waals surface area contributed by atoms with Gasteiger partial charge in [-0.15, -0.1) is 0 Å². The molecule has 178 valence electrons. The third kappa shape index (κ3) is 4.65. The van der Waals surface area contributed by atoms with Gasteiger partial charge in [0.15, 0.2) is 11.5 Å². The second-order valence-electron chi connectivity index (χ2n) is 8.33. The number of rotatable bonds is 7. The summed E-state index contributed by atoms with van der Waals surface area (Å²) in [6.07, 6.45) is 2.65. The van der Waals surface area contributed by atoms with Crippen LogP contribution in [0.4, 0.5) is 0 Å². The number of hydrogen-bond donors (Lipinski definition) is 0. The maximum Gasteiger partial charge on any atom is 0.254 e. The molecule has 1 amide bonds. The highest BCUT2D eigenvalue weighted by molar-refractivity contribution is 7.89. The summed E-state index contributed by atoms with van der Waals surface area (Å²) in [6, 6.07) is 10.1. The Morgan fingerprint density at radius 1 is 1.15 bits per heavy atom. The Morgan fingerprint density at radius 2 is 1.94 bits per heavy atom. The average Bonchev–Trinajstić information content (AvgIpc) is 3.29. The monoisotopic (exact) mass is 474 g/mol. The van der Waals surface area contributed by atoms with Crippen molar-refractivity contribution in [3.8, 4) is 17.2 Å². The maximum atomic E-state index is 13.5. The molecule has 4 rings (SSSR count). The molecular formula is C24H30N2O6S. The van der Waals surface area contributed by atoms with Crippen molar-refractivity contribution in [3.05, 3.63) is 47.5 Å². The van der Waals surface area contributed by atoms with Crippen LogP contribution in [-0.2, 0) is 16.6 Å². The fourth-order valence-corrected chi connectivity index (χ4v) is 6.22. The molecule has 2 aromatic carbocycles. The molecule has 1 fully saturated rings. The smallest absolute Gasteiger partial charge is 0.254 e. The zero-order valence-electron chi connectivity index (χ0n) is 19.2. The van der Waals surface area contributed by atoms with Crippen LogP contribution in [-0.4, -0.2) is 56.6 Å². The minimum absolute atomic E-state index is 0.0312. The lowest BCUT2D eigenvalue weighted by atomic mass is 10.1. The van der Waals surface area contributed by atoms with Crippen molar-refractivity contribution in [2.75, 3.05) is 27.0 Å². The number of amides is 1. The van der Waals surface area contributed by atoms with Crippen LogP contribution >= 0.6 is 0 Å². The van der Waals surface area contributed by atoms with Gasteiger partial charge >= 0.3 is 0 Å². The van der Waals surface area contributed by atoms with Crippen molar-refractivity contribution in [3.63, 3.8) is 0 Å². The zero-order chi connectivity index (χ0) is 23.6. The summed E-state index contributed by atoms with van der Waals surface area (Å²) in [5, 5.41) is 0. The molecule has 1 unspecified atom stereocenters. The summed E-state index contributed by atoms with van der Waals surface area (Å²) in [6.45, 7) is 5.29. The number of hydrogen-bond acceptors (Lipinski definition) is 6. The van der Waals surface area contributed by atoms with Gasteiger partial charge in [-0.1, -0.05) is 12.5 Å². The molecule has 2 aliphatic heterocycles. The predicted molar refractivity (Wildman–Crippen MR) is 123 cm³/mol. The van der Waals surface area contributed by atoms with Crippen molar-refractivity contribution in [2.45, 2.75) is 50.6 Å². The first kappa shape index (κ1) is 23.4. The van der Waals surface area contributed by atoms with Crippen LogP contribution in [0.1, 0.15) is 49.0 Å². The van der Waals surface area contributed by atoms with Crippen molar-refractivity contribution in [1.82, 2.24) is 9.21 Å². The van der Waals surface area contributed by atoms with Gasteiger partial charge in [-0.3, -0.25) is 4.79 Å². The van der Waals surface area contributed by atoms with Crippen LogP contribution < -0.4 is 14.2 Å². The van der Waals surface area contributed by atoms with Crippen molar-refractivity contribution in [2.24, 2.45) is 0 Å². The van der Waals surface area contributed by atoms with Gasteiger partial charge in [-0.2, -0.15) is 4.31 Å². The van der Waals surface area contributed by atoms with Crippen LogP contribution in [0.2, 0.25) is 0 Å². The molecular weight excluding hydrogens is 444 g/mol. The summed E-state index contributed by atoms with van der Waals surface area (Å²) in [7, 11) is -2.36. The molecule has 1 saturated heterocycles. The molecule has 0 spiro atoms. The number of carbonyl (C=O) groups excluding carboxylic acids is 1. The first-order chi connectivity index (χ1) is 15.8. The Morgan fingerprint density at radius 3 is 2.67 bits per heavy atom. The van der Waals surface area contributed by atoms with Gasteiger partial charge in [0.25, 0.3) is 5.91 Å². The third-order valence-electron chi connectivity index (χ3n) is 6.22. The predicted octanol–water partition coefficient (Wildman–Crippen LogP) is 3.65. The summed E-state index contributed by atoms with van der Waals surface area (Å²) < 4.78 is 44.6. The van der Waals surface area contributed by atoms with Crippen molar-refractivity contribution < 1.29 is 27.4 Å². The summed E-state index contributed by atoms with van der Waals surface area (Å²) in [4.78, 5) is 15.1. The minimum Gasteiger partial charge on any atom is -0.495 e. The quantitative estimate of drug-likeness (QED) is 0.609. The number of benzene rings is 2. The van der Waals surface area contributed by atoms with Crippen LogP contribution in [0.3, 0.4) is 0 Å². The summed E-state index contributed by atoms with van der Waals surface area (Å²) in [5.74, 6) is 1.33. The number of carbonyl (C=O) groups is 1. The van der Waals surface area contributed by atoms with Gasteiger partial charge in [-0.25, -0.2) is 8.42 Å². The van der Waals surface area contributed by atoms with E-state index in [1.807, 2.05) is 32.0 Å². The van der Waals surface area contributed by atoms with E-state index in [0.29, 0.717) is 36.7 Å². The normalized spacial score (nSPS) is 18.2. The largest absolute Gasteiger partial charge is 0.495 e. The van der Waals surface area contributed by atoms with Gasteiger partial charge in [0.2, 0.25) is 16.8 Å². The summed E-state index contributed by atoms with van der Waals surface area (Å²) >= 11 is 0. The minimum atomic E-state index is -3.80. The molecule has 2 heterocycles. The average molecular weight is 475 g/mol. The number of sulfonamides is 1. The van der Waals surface area contributed by atoms with E-state index in [0.717, 1.165) is 24.8 Å². The Hall–Kier alpha value is -2.78. The topological polar surface area (TPSA) is 85.4 Å². The number of piperidine rings is 1. The van der Waals surface area contributed by atoms with Gasteiger partial charge in [0.1, 0.15) is 10.6 Å². The van der Waals surface area contributed by atoms with Crippen molar-refractivity contribution >= 4 is 15.9 Å². The maximum absolute atomic E-state index is 13.5. The Balaban J connectivity index is 1.62. The number of methoxy groups -OCH3 is 1. The van der Waals surface area contributed by atoms with E-state index >= 15 is 0 Å². The Kier molecular flexibility index (Phi) is 6.81. The molecule has 9 heteroatoms. The molecule has 0 N–H and O–H groups in total. The highest BCUT2D eigenvalue weighted by Crippen LogP contribution is 2.34. The standard InChI is InChI=1S/C24H30N2O6S/c1-4-25(15-18-8-10-20-22(13-18)32-16-31-20)24(27)19-9-11-21(30-3)23(14-19)33(28,29)26-12-6-5-7-17(26)2/h8-11,13-14,17H,4-7,12,15-16H2,1-3H3. The fraction of sp³-hybridized carbons (Fsp3) is 0.458. The fourth-order valence-electron chi connectivity index (χ4n) is 4.34. The van der Waals surface area contributed by atoms with E-state index in [9.17, 15) is 13.2 Å². The first-order valence-corrected chi connectivity index (χ1v) is 12.7. The van der Waals surface area contributed by atoms with E-state index in [1.54, 1.807) is 17.0 Å². The van der Waals surface area contributed by atoms with Gasteiger partial charge in [0, 0.05) is 31.2 Å². The molecule has 0 bridgehead atoms. The molecule has 8 nitrogen and oxygen atoms in total. The molecule has 0 saturated carbocycles. The molecule has 1 atom stereocenters. The lowest BCUT2D eigenvalue weighted by Gasteiger charge is -2.32. The second-order valence-corrected chi connectivity index (χ2v) is 10.2. The van der Waals surface area contributed by atoms with E-state index in [2.05, 4.69) is 0 Å². The third-order valence-corrected chi connectivity index (χ3v) is 8.25. The Bertz CT molecular complexity index is 1130. The van der Waals surface area contributed by atoms with Gasteiger partial charge in [0.05, 0.1) is 7.11 Å². The zero-order valence-corrected chi connectivity index (χ0v) is 20.1.